The summed E-state index contributed by atoms with van der Waals surface area (Å²) >= 11 is 3.14. The van der Waals surface area contributed by atoms with Gasteiger partial charge >= 0.3 is 6.11 Å². The fraction of sp³-hybridized carbons (Fsp3) is 0.200. The maximum absolute atomic E-state index is 12.8. The zero-order valence-corrected chi connectivity index (χ0v) is 9.14. The highest BCUT2D eigenvalue weighted by atomic mass is 79.9. The Morgan fingerprint density at radius 1 is 1.50 bits per heavy atom. The number of hydrogen-bond donors (Lipinski definition) is 0. The zero-order valence-electron chi connectivity index (χ0n) is 7.56. The molecule has 0 unspecified atom stereocenters. The van der Waals surface area contributed by atoms with Crippen molar-refractivity contribution < 1.29 is 13.5 Å². The van der Waals surface area contributed by atoms with E-state index < -0.39 is 6.11 Å². The minimum atomic E-state index is -3.34. The van der Waals surface area contributed by atoms with Crippen molar-refractivity contribution in [3.05, 3.63) is 40.9 Å². The van der Waals surface area contributed by atoms with Crippen LogP contribution >= 0.6 is 15.9 Å². The molecule has 0 saturated heterocycles. The van der Waals surface area contributed by atoms with Gasteiger partial charge in [0.05, 0.1) is 4.47 Å². The molecule has 0 aliphatic heterocycles. The van der Waals surface area contributed by atoms with Crippen LogP contribution in [0.15, 0.2) is 35.3 Å². The van der Waals surface area contributed by atoms with E-state index in [1.54, 1.807) is 12.1 Å². The first kappa shape index (κ1) is 11.2. The third kappa shape index (κ3) is 2.80. The average Bonchev–Trinajstić information content (AvgIpc) is 2.10. The van der Waals surface area contributed by atoms with Crippen molar-refractivity contribution in [3.8, 4) is 5.75 Å². The lowest BCUT2D eigenvalue weighted by molar-refractivity contribution is -0.131. The molecule has 4 heteroatoms. The van der Waals surface area contributed by atoms with Crippen LogP contribution in [0.2, 0.25) is 0 Å². The largest absolute Gasteiger partial charge is 0.428 e. The van der Waals surface area contributed by atoms with Gasteiger partial charge < -0.3 is 4.74 Å². The number of rotatable bonds is 3. The van der Waals surface area contributed by atoms with Crippen LogP contribution in [0.25, 0.3) is 0 Å². The number of ether oxygens (including phenoxy) is 1. The zero-order chi connectivity index (χ0) is 10.8. The van der Waals surface area contributed by atoms with Crippen molar-refractivity contribution in [2.24, 2.45) is 0 Å². The third-order valence-corrected chi connectivity index (χ3v) is 2.19. The highest BCUT2D eigenvalue weighted by Crippen LogP contribution is 2.30. The van der Waals surface area contributed by atoms with Gasteiger partial charge in [-0.1, -0.05) is 12.6 Å². The molecule has 1 nitrogen and oxygen atoms in total. The molecule has 0 saturated carbocycles. The Hall–Kier alpha value is -0.900. The van der Waals surface area contributed by atoms with E-state index in [0.29, 0.717) is 10.5 Å². The van der Waals surface area contributed by atoms with Gasteiger partial charge in [0.25, 0.3) is 0 Å². The maximum atomic E-state index is 12.8. The highest BCUT2D eigenvalue weighted by Gasteiger charge is 2.27. The predicted octanol–water partition coefficient (Wildman–Crippen LogP) is 3.92. The standard InChI is InChI=1S/C10H9BrF2O/c1-3-10(12,13)14-9-5-4-7(2)6-8(9)11/h3-6H,1H2,2H3. The molecule has 0 heterocycles. The molecule has 0 radical (unpaired) electrons. The molecule has 0 bridgehead atoms. The van der Waals surface area contributed by atoms with Crippen LogP contribution in [0.3, 0.4) is 0 Å². The van der Waals surface area contributed by atoms with E-state index in [0.717, 1.165) is 5.56 Å². The summed E-state index contributed by atoms with van der Waals surface area (Å²) in [6, 6.07) is 4.88. The third-order valence-electron chi connectivity index (χ3n) is 1.57. The molecule has 0 N–H and O–H groups in total. The van der Waals surface area contributed by atoms with E-state index in [2.05, 4.69) is 27.2 Å². The second-order valence-electron chi connectivity index (χ2n) is 2.80. The molecule has 1 aromatic carbocycles. The lowest BCUT2D eigenvalue weighted by Gasteiger charge is -2.15. The molecule has 76 valence electrons. The normalized spacial score (nSPS) is 11.1. The number of alkyl halides is 2. The summed E-state index contributed by atoms with van der Waals surface area (Å²) < 4.78 is 30.5. The van der Waals surface area contributed by atoms with Gasteiger partial charge in [0.1, 0.15) is 5.75 Å². The summed E-state index contributed by atoms with van der Waals surface area (Å²) in [5, 5.41) is 0. The number of hydrogen-bond acceptors (Lipinski definition) is 1. The first-order valence-corrected chi connectivity index (χ1v) is 4.70. The summed E-state index contributed by atoms with van der Waals surface area (Å²) in [7, 11) is 0. The summed E-state index contributed by atoms with van der Waals surface area (Å²) in [4.78, 5) is 0. The minimum absolute atomic E-state index is 0.0977. The molecule has 0 fully saturated rings. The van der Waals surface area contributed by atoms with Crippen LogP contribution in [0.5, 0.6) is 5.75 Å². The van der Waals surface area contributed by atoms with Crippen LogP contribution in [0, 0.1) is 6.92 Å². The first-order valence-electron chi connectivity index (χ1n) is 3.91. The van der Waals surface area contributed by atoms with Crippen molar-refractivity contribution in [1.82, 2.24) is 0 Å². The van der Waals surface area contributed by atoms with E-state index in [4.69, 9.17) is 0 Å². The lowest BCUT2D eigenvalue weighted by atomic mass is 10.2. The Morgan fingerprint density at radius 3 is 2.64 bits per heavy atom. The number of halogens is 3. The van der Waals surface area contributed by atoms with Gasteiger partial charge in [0, 0.05) is 6.08 Å². The quantitative estimate of drug-likeness (QED) is 0.751. The van der Waals surface area contributed by atoms with Gasteiger partial charge in [0.2, 0.25) is 0 Å². The second kappa shape index (κ2) is 4.09. The minimum Gasteiger partial charge on any atom is -0.428 e. The van der Waals surface area contributed by atoms with Crippen molar-refractivity contribution in [1.29, 1.82) is 0 Å². The van der Waals surface area contributed by atoms with Crippen molar-refractivity contribution in [2.45, 2.75) is 13.0 Å². The number of benzene rings is 1. The summed E-state index contributed by atoms with van der Waals surface area (Å²) in [5.74, 6) is 0.0977. The van der Waals surface area contributed by atoms with Crippen LogP contribution < -0.4 is 4.74 Å². The second-order valence-corrected chi connectivity index (χ2v) is 3.66. The van der Waals surface area contributed by atoms with E-state index in [9.17, 15) is 8.78 Å². The van der Waals surface area contributed by atoms with Crippen LogP contribution in [-0.4, -0.2) is 6.11 Å². The summed E-state index contributed by atoms with van der Waals surface area (Å²) in [5.41, 5.74) is 0.964. The van der Waals surface area contributed by atoms with Gasteiger partial charge in [-0.2, -0.15) is 8.78 Å². The monoisotopic (exact) mass is 262 g/mol. The van der Waals surface area contributed by atoms with E-state index in [1.165, 1.54) is 6.07 Å². The molecule has 1 rings (SSSR count). The molecule has 0 amide bonds. The van der Waals surface area contributed by atoms with Crippen molar-refractivity contribution in [2.75, 3.05) is 0 Å². The fourth-order valence-corrected chi connectivity index (χ4v) is 1.45. The fourth-order valence-electron chi connectivity index (χ4n) is 0.877. The van der Waals surface area contributed by atoms with Crippen LogP contribution in [0.4, 0.5) is 8.78 Å². The molecule has 0 aliphatic carbocycles. The molecule has 1 aromatic rings. The smallest absolute Gasteiger partial charge is 0.419 e. The van der Waals surface area contributed by atoms with Crippen molar-refractivity contribution >= 4 is 15.9 Å². The van der Waals surface area contributed by atoms with Gasteiger partial charge in [-0.3, -0.25) is 0 Å². The average molecular weight is 263 g/mol. The molecule has 0 aliphatic rings. The Morgan fingerprint density at radius 2 is 2.14 bits per heavy atom. The molecule has 0 aromatic heterocycles. The molecule has 0 atom stereocenters. The molecular formula is C10H9BrF2O. The Labute approximate surface area is 89.5 Å². The summed E-state index contributed by atoms with van der Waals surface area (Å²) in [6.07, 6.45) is -2.88. The Balaban J connectivity index is 2.92. The topological polar surface area (TPSA) is 9.23 Å². The predicted molar refractivity (Wildman–Crippen MR) is 54.7 cm³/mol. The van der Waals surface area contributed by atoms with Gasteiger partial charge in [-0.25, -0.2) is 0 Å². The van der Waals surface area contributed by atoms with Gasteiger partial charge in [0.15, 0.2) is 0 Å². The molecular weight excluding hydrogens is 254 g/mol. The van der Waals surface area contributed by atoms with Crippen LogP contribution in [-0.2, 0) is 0 Å². The molecule has 14 heavy (non-hydrogen) atoms. The Kier molecular flexibility index (Phi) is 3.26. The van der Waals surface area contributed by atoms with E-state index in [-0.39, 0.29) is 5.75 Å². The van der Waals surface area contributed by atoms with Gasteiger partial charge in [-0.05, 0) is 40.5 Å². The first-order chi connectivity index (χ1) is 6.44. The lowest BCUT2D eigenvalue weighted by Crippen LogP contribution is -2.21. The van der Waals surface area contributed by atoms with E-state index >= 15 is 0 Å². The SMILES string of the molecule is C=CC(F)(F)Oc1ccc(C)cc1Br. The van der Waals surface area contributed by atoms with Crippen molar-refractivity contribution in [3.63, 3.8) is 0 Å². The van der Waals surface area contributed by atoms with Crippen LogP contribution in [0.1, 0.15) is 5.56 Å². The summed E-state index contributed by atoms with van der Waals surface area (Å²) in [6.45, 7) is 4.85. The number of aryl methyl sites for hydroxylation is 1. The highest BCUT2D eigenvalue weighted by molar-refractivity contribution is 9.10. The Bertz CT molecular complexity index is 350. The molecule has 0 spiro atoms. The van der Waals surface area contributed by atoms with Gasteiger partial charge in [-0.15, -0.1) is 0 Å². The van der Waals surface area contributed by atoms with E-state index in [1.807, 2.05) is 6.92 Å². The maximum Gasteiger partial charge on any atom is 0.419 e.